The maximum atomic E-state index is 12.2. The van der Waals surface area contributed by atoms with Crippen LogP contribution in [0.2, 0.25) is 0 Å². The molecule has 1 unspecified atom stereocenters. The molecule has 0 aliphatic heterocycles. The first-order chi connectivity index (χ1) is 13.5. The Morgan fingerprint density at radius 3 is 3.04 bits per heavy atom. The fourth-order valence-corrected chi connectivity index (χ4v) is 4.19. The highest BCUT2D eigenvalue weighted by Gasteiger charge is 2.28. The molecule has 1 N–H and O–H groups in total. The van der Waals surface area contributed by atoms with Crippen LogP contribution in [0.15, 0.2) is 28.9 Å². The smallest absolute Gasteiger partial charge is 0.409 e. The van der Waals surface area contributed by atoms with Gasteiger partial charge in [-0.1, -0.05) is 0 Å². The van der Waals surface area contributed by atoms with E-state index in [9.17, 15) is 14.9 Å². The Bertz CT molecular complexity index is 924. The number of nitrogens with one attached hydrogen (secondary N) is 1. The zero-order chi connectivity index (χ0) is 20.1. The quantitative estimate of drug-likeness (QED) is 0.772. The summed E-state index contributed by atoms with van der Waals surface area (Å²) in [6, 6.07) is 5.68. The summed E-state index contributed by atoms with van der Waals surface area (Å²) in [5.74, 6) is 0.238. The van der Waals surface area contributed by atoms with E-state index in [0.717, 1.165) is 10.4 Å². The molecule has 0 spiro atoms. The molecule has 1 aliphatic rings. The molecule has 0 saturated carbocycles. The van der Waals surface area contributed by atoms with Gasteiger partial charge in [0.1, 0.15) is 22.9 Å². The topological polar surface area (TPSA) is 95.6 Å². The van der Waals surface area contributed by atoms with Gasteiger partial charge in [0.15, 0.2) is 0 Å². The number of rotatable bonds is 5. The molecule has 2 aromatic heterocycles. The lowest BCUT2D eigenvalue weighted by molar-refractivity contribution is -0.111. The van der Waals surface area contributed by atoms with Crippen molar-refractivity contribution in [2.75, 3.05) is 18.9 Å². The number of carbonyl (C=O) groups is 2. The van der Waals surface area contributed by atoms with Crippen molar-refractivity contribution in [2.24, 2.45) is 0 Å². The van der Waals surface area contributed by atoms with E-state index in [1.54, 1.807) is 25.3 Å². The van der Waals surface area contributed by atoms with Gasteiger partial charge in [0.2, 0.25) is 5.91 Å². The summed E-state index contributed by atoms with van der Waals surface area (Å²) in [4.78, 5) is 26.7. The molecule has 3 rings (SSSR count). The molecule has 2 aromatic rings. The standard InChI is InChI=1S/C20H21N3O4S/c1-3-23(2)20(25)27-14-6-8-15-16(12-21)19(28-17(15)11-14)22-18(24)9-7-13-5-4-10-26-13/h4-5,7,9-10,14H,3,6,8,11H2,1-2H3,(H,22,24). The predicted octanol–water partition coefficient (Wildman–Crippen LogP) is 3.81. The molecular formula is C20H21N3O4S. The Labute approximate surface area is 167 Å². The average molecular weight is 399 g/mol. The van der Waals surface area contributed by atoms with E-state index < -0.39 is 0 Å². The summed E-state index contributed by atoms with van der Waals surface area (Å²) in [6.07, 6.45) is 5.74. The monoisotopic (exact) mass is 399 g/mol. The maximum absolute atomic E-state index is 12.2. The van der Waals surface area contributed by atoms with Crippen LogP contribution in [0.5, 0.6) is 0 Å². The summed E-state index contributed by atoms with van der Waals surface area (Å²) in [5.41, 5.74) is 1.43. The molecular weight excluding hydrogens is 378 g/mol. The Morgan fingerprint density at radius 2 is 2.36 bits per heavy atom. The van der Waals surface area contributed by atoms with Crippen LogP contribution in [-0.2, 0) is 22.4 Å². The molecule has 0 fully saturated rings. The summed E-state index contributed by atoms with van der Waals surface area (Å²) in [7, 11) is 1.69. The number of nitrogens with zero attached hydrogens (tertiary/aromatic N) is 2. The number of ether oxygens (including phenoxy) is 1. The highest BCUT2D eigenvalue weighted by molar-refractivity contribution is 7.16. The molecule has 1 atom stereocenters. The van der Waals surface area contributed by atoms with Gasteiger partial charge in [-0.15, -0.1) is 11.3 Å². The van der Waals surface area contributed by atoms with E-state index >= 15 is 0 Å². The van der Waals surface area contributed by atoms with Gasteiger partial charge in [-0.3, -0.25) is 4.79 Å². The van der Waals surface area contributed by atoms with Crippen LogP contribution in [0.4, 0.5) is 9.80 Å². The second-order valence-corrected chi connectivity index (χ2v) is 7.53. The van der Waals surface area contributed by atoms with Gasteiger partial charge in [0.25, 0.3) is 0 Å². The fourth-order valence-electron chi connectivity index (χ4n) is 2.92. The number of nitriles is 1. The molecule has 1 aliphatic carbocycles. The van der Waals surface area contributed by atoms with Gasteiger partial charge < -0.3 is 19.4 Å². The molecule has 2 amide bonds. The number of fused-ring (bicyclic) bond motifs is 1. The third-order valence-corrected chi connectivity index (χ3v) is 5.73. The van der Waals surface area contributed by atoms with Crippen molar-refractivity contribution in [1.29, 1.82) is 5.26 Å². The van der Waals surface area contributed by atoms with Crippen LogP contribution >= 0.6 is 11.3 Å². The average Bonchev–Trinajstić information content (AvgIpc) is 3.32. The number of furan rings is 1. The first-order valence-electron chi connectivity index (χ1n) is 9.00. The van der Waals surface area contributed by atoms with Gasteiger partial charge in [-0.05, 0) is 43.5 Å². The molecule has 7 nitrogen and oxygen atoms in total. The van der Waals surface area contributed by atoms with E-state index in [-0.39, 0.29) is 18.1 Å². The van der Waals surface area contributed by atoms with E-state index in [1.165, 1.54) is 28.6 Å². The molecule has 28 heavy (non-hydrogen) atoms. The fraction of sp³-hybridized carbons (Fsp3) is 0.350. The normalized spacial score (nSPS) is 15.7. The van der Waals surface area contributed by atoms with Crippen LogP contribution in [0.25, 0.3) is 6.08 Å². The van der Waals surface area contributed by atoms with Gasteiger partial charge in [-0.2, -0.15) is 5.26 Å². The molecule has 0 bridgehead atoms. The molecule has 8 heteroatoms. The van der Waals surface area contributed by atoms with E-state index in [0.29, 0.717) is 42.1 Å². The van der Waals surface area contributed by atoms with Gasteiger partial charge in [0, 0.05) is 31.0 Å². The lowest BCUT2D eigenvalue weighted by Crippen LogP contribution is -2.33. The first-order valence-corrected chi connectivity index (χ1v) is 9.82. The zero-order valence-electron chi connectivity index (χ0n) is 15.7. The van der Waals surface area contributed by atoms with Crippen LogP contribution in [0.1, 0.15) is 35.1 Å². The Kier molecular flexibility index (Phi) is 6.16. The Hall–Kier alpha value is -3.05. The molecule has 0 aromatic carbocycles. The molecule has 0 radical (unpaired) electrons. The number of hydrogen-bond donors (Lipinski definition) is 1. The number of thiophene rings is 1. The van der Waals surface area contributed by atoms with Crippen molar-refractivity contribution < 1.29 is 18.7 Å². The number of carbonyl (C=O) groups excluding carboxylic acids is 2. The highest BCUT2D eigenvalue weighted by Crippen LogP contribution is 2.38. The predicted molar refractivity (Wildman–Crippen MR) is 106 cm³/mol. The van der Waals surface area contributed by atoms with Gasteiger partial charge in [-0.25, -0.2) is 4.79 Å². The van der Waals surface area contributed by atoms with Crippen molar-refractivity contribution in [2.45, 2.75) is 32.3 Å². The SMILES string of the molecule is CCN(C)C(=O)OC1CCc2c(sc(NC(=O)C=Cc3ccco3)c2C#N)C1. The summed E-state index contributed by atoms with van der Waals surface area (Å²) < 4.78 is 10.7. The lowest BCUT2D eigenvalue weighted by Gasteiger charge is -2.24. The molecule has 0 saturated heterocycles. The Morgan fingerprint density at radius 1 is 1.54 bits per heavy atom. The second-order valence-electron chi connectivity index (χ2n) is 6.42. The summed E-state index contributed by atoms with van der Waals surface area (Å²) in [5, 5.41) is 12.9. The summed E-state index contributed by atoms with van der Waals surface area (Å²) in [6.45, 7) is 2.46. The maximum Gasteiger partial charge on any atom is 0.409 e. The van der Waals surface area contributed by atoms with Crippen LogP contribution < -0.4 is 5.32 Å². The van der Waals surface area contributed by atoms with Crippen molar-refractivity contribution in [1.82, 2.24) is 4.90 Å². The molecule has 2 heterocycles. The number of amides is 2. The summed E-state index contributed by atoms with van der Waals surface area (Å²) >= 11 is 1.37. The number of hydrogen-bond acceptors (Lipinski definition) is 6. The highest BCUT2D eigenvalue weighted by atomic mass is 32.1. The van der Waals surface area contributed by atoms with Crippen molar-refractivity contribution in [3.8, 4) is 6.07 Å². The number of anilines is 1. The minimum absolute atomic E-state index is 0.221. The van der Waals surface area contributed by atoms with Gasteiger partial charge >= 0.3 is 6.09 Å². The third-order valence-electron chi connectivity index (χ3n) is 4.56. The Balaban J connectivity index is 1.69. The van der Waals surface area contributed by atoms with Crippen molar-refractivity contribution in [3.63, 3.8) is 0 Å². The second kappa shape index (κ2) is 8.76. The van der Waals surface area contributed by atoms with Crippen molar-refractivity contribution >= 4 is 34.4 Å². The van der Waals surface area contributed by atoms with Gasteiger partial charge in [0.05, 0.1) is 11.8 Å². The molecule has 146 valence electrons. The minimum Gasteiger partial charge on any atom is -0.465 e. The van der Waals surface area contributed by atoms with E-state index in [2.05, 4.69) is 11.4 Å². The lowest BCUT2D eigenvalue weighted by atomic mass is 9.94. The van der Waals surface area contributed by atoms with Crippen LogP contribution in [-0.4, -0.2) is 36.6 Å². The van der Waals surface area contributed by atoms with Crippen LogP contribution in [0.3, 0.4) is 0 Å². The van der Waals surface area contributed by atoms with Crippen LogP contribution in [0, 0.1) is 11.3 Å². The zero-order valence-corrected chi connectivity index (χ0v) is 16.5. The van der Waals surface area contributed by atoms with E-state index in [1.807, 2.05) is 6.92 Å². The van der Waals surface area contributed by atoms with Crippen molar-refractivity contribution in [3.05, 3.63) is 46.2 Å². The minimum atomic E-state index is -0.343. The third kappa shape index (κ3) is 4.43. The largest absolute Gasteiger partial charge is 0.465 e. The van der Waals surface area contributed by atoms with E-state index in [4.69, 9.17) is 9.15 Å². The first kappa shape index (κ1) is 19.7.